The lowest BCUT2D eigenvalue weighted by Crippen LogP contribution is -2.48. The summed E-state index contributed by atoms with van der Waals surface area (Å²) in [7, 11) is 0. The summed E-state index contributed by atoms with van der Waals surface area (Å²) in [6.07, 6.45) is 3.77. The monoisotopic (exact) mass is 407 g/mol. The van der Waals surface area contributed by atoms with Crippen molar-refractivity contribution < 1.29 is 18.7 Å². The molecule has 0 aliphatic carbocycles. The van der Waals surface area contributed by atoms with E-state index >= 15 is 0 Å². The molecule has 3 aromatic rings. The van der Waals surface area contributed by atoms with Crippen LogP contribution in [0.1, 0.15) is 46.7 Å². The smallest absolute Gasteiger partial charge is 0.262 e. The number of imide groups is 1. The molecule has 0 bridgehead atoms. The maximum atomic E-state index is 13.7. The normalized spacial score (nSPS) is 15.2. The number of carbonyl (C=O) groups excluding carboxylic acids is 2. The molecule has 0 N–H and O–H groups in total. The first-order valence-electron chi connectivity index (χ1n) is 9.84. The van der Waals surface area contributed by atoms with Gasteiger partial charge >= 0.3 is 0 Å². The maximum Gasteiger partial charge on any atom is 0.262 e. The third-order valence-electron chi connectivity index (χ3n) is 5.67. The molecule has 0 saturated carbocycles. The SMILES string of the molecule is CCC(C)(c1cccn1CCOc1cccnc1F)N1C(=O)c2ccccc2C1=O. The number of fused-ring (bicyclic) bond motifs is 1. The van der Waals surface area contributed by atoms with Crippen molar-refractivity contribution in [3.8, 4) is 5.75 Å². The average molecular weight is 407 g/mol. The Hall–Kier alpha value is -3.48. The molecule has 1 aromatic carbocycles. The number of rotatable bonds is 7. The summed E-state index contributed by atoms with van der Waals surface area (Å²) >= 11 is 0. The van der Waals surface area contributed by atoms with Crippen LogP contribution in [-0.4, -0.2) is 32.9 Å². The molecule has 154 valence electrons. The zero-order chi connectivity index (χ0) is 21.3. The van der Waals surface area contributed by atoms with Gasteiger partial charge in [-0.25, -0.2) is 4.98 Å². The van der Waals surface area contributed by atoms with E-state index in [1.807, 2.05) is 36.7 Å². The zero-order valence-corrected chi connectivity index (χ0v) is 16.8. The molecule has 0 saturated heterocycles. The highest BCUT2D eigenvalue weighted by atomic mass is 19.1. The number of hydrogen-bond donors (Lipinski definition) is 0. The quantitative estimate of drug-likeness (QED) is 0.438. The molecular formula is C23H22FN3O3. The Labute approximate surface area is 173 Å². The van der Waals surface area contributed by atoms with Gasteiger partial charge in [0, 0.05) is 18.1 Å². The topological polar surface area (TPSA) is 64.4 Å². The molecule has 30 heavy (non-hydrogen) atoms. The minimum Gasteiger partial charge on any atom is -0.487 e. The number of aromatic nitrogens is 2. The highest BCUT2D eigenvalue weighted by Gasteiger charge is 2.47. The van der Waals surface area contributed by atoms with E-state index in [-0.39, 0.29) is 24.2 Å². The summed E-state index contributed by atoms with van der Waals surface area (Å²) < 4.78 is 21.1. The molecule has 1 unspecified atom stereocenters. The Morgan fingerprint density at radius 3 is 2.37 bits per heavy atom. The number of amides is 2. The first-order chi connectivity index (χ1) is 14.5. The lowest BCUT2D eigenvalue weighted by atomic mass is 9.91. The lowest BCUT2D eigenvalue weighted by Gasteiger charge is -2.37. The van der Waals surface area contributed by atoms with Crippen LogP contribution in [0.3, 0.4) is 0 Å². The Kier molecular flexibility index (Phi) is 5.11. The van der Waals surface area contributed by atoms with Crippen LogP contribution in [0.5, 0.6) is 5.75 Å². The van der Waals surface area contributed by atoms with E-state index in [9.17, 15) is 14.0 Å². The molecule has 1 aliphatic heterocycles. The number of carbonyl (C=O) groups is 2. The van der Waals surface area contributed by atoms with Crippen LogP contribution >= 0.6 is 0 Å². The van der Waals surface area contributed by atoms with Crippen LogP contribution < -0.4 is 4.74 Å². The summed E-state index contributed by atoms with van der Waals surface area (Å²) in [5, 5.41) is 0. The predicted octanol–water partition coefficient (Wildman–Crippen LogP) is 4.02. The summed E-state index contributed by atoms with van der Waals surface area (Å²) in [5.74, 6) is -1.15. The number of ether oxygens (including phenoxy) is 1. The second kappa shape index (κ2) is 7.74. The predicted molar refractivity (Wildman–Crippen MR) is 109 cm³/mol. The minimum absolute atomic E-state index is 0.0878. The van der Waals surface area contributed by atoms with Crippen LogP contribution in [0.15, 0.2) is 60.9 Å². The van der Waals surface area contributed by atoms with Crippen LogP contribution in [0.2, 0.25) is 0 Å². The molecule has 2 aromatic heterocycles. The molecule has 0 radical (unpaired) electrons. The van der Waals surface area contributed by atoms with Gasteiger partial charge in [0.25, 0.3) is 17.8 Å². The standard InChI is InChI=1S/C23H22FN3O3/c1-3-23(2,27-21(28)16-8-4-5-9-17(16)22(27)29)19-11-7-13-26(19)14-15-30-18-10-6-12-25-20(18)24/h4-13H,3,14-15H2,1-2H3. The van der Waals surface area contributed by atoms with Crippen molar-refractivity contribution in [1.29, 1.82) is 0 Å². The molecule has 1 aliphatic rings. The van der Waals surface area contributed by atoms with Gasteiger partial charge in [-0.1, -0.05) is 19.1 Å². The largest absolute Gasteiger partial charge is 0.487 e. The highest BCUT2D eigenvalue weighted by Crippen LogP contribution is 2.38. The van der Waals surface area contributed by atoms with Crippen molar-refractivity contribution in [1.82, 2.24) is 14.5 Å². The second-order valence-electron chi connectivity index (χ2n) is 7.35. The van der Waals surface area contributed by atoms with Gasteiger partial charge in [-0.15, -0.1) is 0 Å². The van der Waals surface area contributed by atoms with Crippen LogP contribution in [-0.2, 0) is 12.1 Å². The fourth-order valence-electron chi connectivity index (χ4n) is 3.92. The zero-order valence-electron chi connectivity index (χ0n) is 16.8. The van der Waals surface area contributed by atoms with E-state index < -0.39 is 11.5 Å². The van der Waals surface area contributed by atoms with Crippen molar-refractivity contribution >= 4 is 11.8 Å². The van der Waals surface area contributed by atoms with Crippen LogP contribution in [0.4, 0.5) is 4.39 Å². The van der Waals surface area contributed by atoms with Crippen molar-refractivity contribution in [2.45, 2.75) is 32.4 Å². The van der Waals surface area contributed by atoms with E-state index in [0.717, 1.165) is 5.69 Å². The van der Waals surface area contributed by atoms with Gasteiger partial charge in [-0.05, 0) is 49.7 Å². The first kappa shape index (κ1) is 19.8. The Balaban J connectivity index is 1.59. The summed E-state index contributed by atoms with van der Waals surface area (Å²) in [6.45, 7) is 4.48. The summed E-state index contributed by atoms with van der Waals surface area (Å²) in [6, 6.07) is 13.8. The van der Waals surface area contributed by atoms with Crippen molar-refractivity contribution in [2.24, 2.45) is 0 Å². The molecule has 4 rings (SSSR count). The molecule has 6 nitrogen and oxygen atoms in total. The summed E-state index contributed by atoms with van der Waals surface area (Å²) in [5.41, 5.74) is 0.831. The van der Waals surface area contributed by atoms with Crippen LogP contribution in [0.25, 0.3) is 0 Å². The maximum absolute atomic E-state index is 13.7. The highest BCUT2D eigenvalue weighted by molar-refractivity contribution is 6.21. The van der Waals surface area contributed by atoms with Gasteiger partial charge in [-0.3, -0.25) is 14.5 Å². The van der Waals surface area contributed by atoms with E-state index in [4.69, 9.17) is 4.74 Å². The molecule has 3 heterocycles. The van der Waals surface area contributed by atoms with Gasteiger partial charge in [0.2, 0.25) is 0 Å². The first-order valence-corrected chi connectivity index (χ1v) is 9.84. The van der Waals surface area contributed by atoms with E-state index in [1.54, 1.807) is 30.3 Å². The number of benzene rings is 1. The lowest BCUT2D eigenvalue weighted by molar-refractivity contribution is 0.0419. The molecule has 0 spiro atoms. The van der Waals surface area contributed by atoms with Gasteiger partial charge in [0.05, 0.1) is 23.2 Å². The number of hydrogen-bond acceptors (Lipinski definition) is 4. The Morgan fingerprint density at radius 2 is 1.73 bits per heavy atom. The summed E-state index contributed by atoms with van der Waals surface area (Å²) in [4.78, 5) is 31.1. The van der Waals surface area contributed by atoms with Gasteiger partial charge in [0.1, 0.15) is 6.61 Å². The fraction of sp³-hybridized carbons (Fsp3) is 0.261. The minimum atomic E-state index is -0.837. The molecule has 0 fully saturated rings. The van der Waals surface area contributed by atoms with Crippen molar-refractivity contribution in [2.75, 3.05) is 6.61 Å². The Bertz CT molecular complexity index is 1080. The van der Waals surface area contributed by atoms with E-state index in [1.165, 1.54) is 17.2 Å². The van der Waals surface area contributed by atoms with Gasteiger partial charge in [0.15, 0.2) is 5.75 Å². The molecule has 1 atom stereocenters. The average Bonchev–Trinajstić information content (AvgIpc) is 3.33. The third kappa shape index (κ3) is 3.16. The molecular weight excluding hydrogens is 385 g/mol. The fourth-order valence-corrected chi connectivity index (χ4v) is 3.92. The van der Waals surface area contributed by atoms with Crippen molar-refractivity contribution in [3.63, 3.8) is 0 Å². The molecule has 7 heteroatoms. The number of halogens is 1. The number of pyridine rings is 1. The molecule has 2 amide bonds. The van der Waals surface area contributed by atoms with Crippen LogP contribution in [0, 0.1) is 5.95 Å². The number of nitrogens with zero attached hydrogens (tertiary/aromatic N) is 3. The van der Waals surface area contributed by atoms with Gasteiger partial charge in [-0.2, -0.15) is 4.39 Å². The van der Waals surface area contributed by atoms with Crippen molar-refractivity contribution in [3.05, 3.63) is 83.7 Å². The Morgan fingerprint density at radius 1 is 1.03 bits per heavy atom. The third-order valence-corrected chi connectivity index (χ3v) is 5.67. The van der Waals surface area contributed by atoms with E-state index in [0.29, 0.717) is 24.1 Å². The van der Waals surface area contributed by atoms with E-state index in [2.05, 4.69) is 4.98 Å². The second-order valence-corrected chi connectivity index (χ2v) is 7.35. The van der Waals surface area contributed by atoms with Gasteiger partial charge < -0.3 is 9.30 Å².